The Bertz CT molecular complexity index is 2310. The molecule has 4 heterocycles. The fourth-order valence-corrected chi connectivity index (χ4v) is 5.57. The summed E-state index contributed by atoms with van der Waals surface area (Å²) in [4.78, 5) is 13.5. The Morgan fingerprint density at radius 3 is 2.20 bits per heavy atom. The molecule has 227 valence electrons. The number of fused-ring (bicyclic) bond motifs is 5. The van der Waals surface area contributed by atoms with E-state index in [1.165, 1.54) is 27.8 Å². The number of pyridine rings is 3. The summed E-state index contributed by atoms with van der Waals surface area (Å²) in [6.07, 6.45) is 5.59. The smallest absolute Gasteiger partial charge is 0.130 e. The van der Waals surface area contributed by atoms with Gasteiger partial charge in [0.05, 0.1) is 11.1 Å². The Morgan fingerprint density at radius 2 is 1.41 bits per heavy atom. The number of furan rings is 1. The van der Waals surface area contributed by atoms with Crippen LogP contribution in [0.3, 0.4) is 0 Å². The van der Waals surface area contributed by atoms with Crippen molar-refractivity contribution in [2.45, 2.75) is 27.7 Å². The van der Waals surface area contributed by atoms with Crippen molar-refractivity contribution < 1.29 is 24.5 Å². The first-order valence-corrected chi connectivity index (χ1v) is 15.0. The molecule has 0 saturated heterocycles. The van der Waals surface area contributed by atoms with Gasteiger partial charge in [-0.2, -0.15) is 0 Å². The van der Waals surface area contributed by atoms with E-state index in [4.69, 9.17) is 4.42 Å². The topological polar surface area (TPSA) is 51.8 Å². The van der Waals surface area contributed by atoms with Gasteiger partial charge in [-0.25, -0.2) is 0 Å². The van der Waals surface area contributed by atoms with E-state index >= 15 is 0 Å². The second-order valence-electron chi connectivity index (χ2n) is 11.4. The molecule has 0 aliphatic rings. The van der Waals surface area contributed by atoms with Crippen LogP contribution in [0.5, 0.6) is 0 Å². The van der Waals surface area contributed by atoms with Gasteiger partial charge in [0.2, 0.25) is 0 Å². The molecule has 0 N–H and O–H groups in total. The summed E-state index contributed by atoms with van der Waals surface area (Å²) in [6, 6.07) is 39.6. The summed E-state index contributed by atoms with van der Waals surface area (Å²) in [5.74, 6) is 0. The number of benzene rings is 4. The van der Waals surface area contributed by atoms with E-state index in [1.807, 2.05) is 61.8 Å². The molecule has 5 heteroatoms. The molecule has 0 aliphatic carbocycles. The minimum Gasteiger partial charge on any atom is -0.500 e. The van der Waals surface area contributed by atoms with Gasteiger partial charge in [0.1, 0.15) is 5.58 Å². The molecule has 46 heavy (non-hydrogen) atoms. The zero-order valence-electron chi connectivity index (χ0n) is 26.1. The molecule has 8 rings (SSSR count). The summed E-state index contributed by atoms with van der Waals surface area (Å²) in [5.41, 5.74) is 13.7. The third-order valence-corrected chi connectivity index (χ3v) is 8.24. The maximum atomic E-state index is 6.27. The maximum Gasteiger partial charge on any atom is 0.130 e. The van der Waals surface area contributed by atoms with Gasteiger partial charge in [0, 0.05) is 49.5 Å². The molecule has 0 unspecified atom stereocenters. The Labute approximate surface area is 282 Å². The van der Waals surface area contributed by atoms with Gasteiger partial charge >= 0.3 is 0 Å². The monoisotopic (exact) mass is 774 g/mol. The number of hydrogen-bond donors (Lipinski definition) is 0. The summed E-state index contributed by atoms with van der Waals surface area (Å²) in [6.45, 7) is 8.35. The second kappa shape index (κ2) is 13.2. The minimum atomic E-state index is 0. The summed E-state index contributed by atoms with van der Waals surface area (Å²) < 4.78 is 6.27. The Morgan fingerprint density at radius 1 is 0.609 bits per heavy atom. The van der Waals surface area contributed by atoms with Crippen molar-refractivity contribution in [3.05, 3.63) is 150 Å². The fourth-order valence-electron chi connectivity index (χ4n) is 5.57. The SMILES string of the molecule is Cc1ccc(-c2[c-]ccc3c2oc2c4cccnc4ccc32)nc1.Cc1cnc(-c2[c-]cc(C)c(-c3ccccc3)c2)cc1C.[Ir]. The number of nitrogens with zero attached hydrogens (tertiary/aromatic N) is 3. The number of aryl methyl sites for hydroxylation is 4. The number of aromatic nitrogens is 3. The third kappa shape index (κ3) is 6.00. The van der Waals surface area contributed by atoms with Crippen LogP contribution in [0, 0.1) is 39.8 Å². The van der Waals surface area contributed by atoms with Crippen LogP contribution in [0.15, 0.2) is 120 Å². The van der Waals surface area contributed by atoms with Gasteiger partial charge in [-0.1, -0.05) is 77.5 Å². The molecule has 4 nitrogen and oxygen atoms in total. The molecule has 0 bridgehead atoms. The van der Waals surface area contributed by atoms with Crippen molar-refractivity contribution in [1.29, 1.82) is 0 Å². The van der Waals surface area contributed by atoms with Gasteiger partial charge in [0.25, 0.3) is 0 Å². The number of hydrogen-bond acceptors (Lipinski definition) is 4. The molecule has 8 aromatic rings. The average Bonchev–Trinajstić information content (AvgIpc) is 3.47. The van der Waals surface area contributed by atoms with Crippen LogP contribution >= 0.6 is 0 Å². The van der Waals surface area contributed by atoms with Crippen LogP contribution in [0.1, 0.15) is 22.3 Å². The number of rotatable bonds is 3. The van der Waals surface area contributed by atoms with E-state index in [2.05, 4.69) is 102 Å². The molecule has 0 amide bonds. The van der Waals surface area contributed by atoms with E-state index in [-0.39, 0.29) is 20.1 Å². The first-order valence-electron chi connectivity index (χ1n) is 15.0. The molecule has 4 aromatic heterocycles. The normalized spacial score (nSPS) is 10.9. The van der Waals surface area contributed by atoms with Gasteiger partial charge in [-0.05, 0) is 73.1 Å². The first kappa shape index (κ1) is 31.0. The molecular weight excluding hydrogens is 743 g/mol. The molecule has 0 atom stereocenters. The predicted octanol–water partition coefficient (Wildman–Crippen LogP) is 10.4. The van der Waals surface area contributed by atoms with Crippen molar-refractivity contribution in [3.8, 4) is 33.6 Å². The van der Waals surface area contributed by atoms with Crippen molar-refractivity contribution in [2.75, 3.05) is 0 Å². The van der Waals surface area contributed by atoms with Crippen molar-refractivity contribution in [3.63, 3.8) is 0 Å². The summed E-state index contributed by atoms with van der Waals surface area (Å²) in [5, 5.41) is 3.19. The van der Waals surface area contributed by atoms with Crippen LogP contribution in [-0.4, -0.2) is 15.0 Å². The Kier molecular flexibility index (Phi) is 8.89. The van der Waals surface area contributed by atoms with Gasteiger partial charge in [-0.3, -0.25) is 4.98 Å². The zero-order valence-corrected chi connectivity index (χ0v) is 28.4. The van der Waals surface area contributed by atoms with Crippen molar-refractivity contribution in [1.82, 2.24) is 15.0 Å². The molecule has 0 aliphatic heterocycles. The fraction of sp³-hybridized carbons (Fsp3) is 0.0976. The molecule has 0 saturated carbocycles. The largest absolute Gasteiger partial charge is 0.500 e. The Hall–Kier alpha value is -4.96. The molecular formula is C41H31IrN3O-2. The van der Waals surface area contributed by atoms with Gasteiger partial charge < -0.3 is 14.4 Å². The van der Waals surface area contributed by atoms with Crippen LogP contribution < -0.4 is 0 Å². The van der Waals surface area contributed by atoms with Crippen molar-refractivity contribution >= 4 is 32.8 Å². The van der Waals surface area contributed by atoms with Gasteiger partial charge in [-0.15, -0.1) is 47.5 Å². The van der Waals surface area contributed by atoms with Crippen molar-refractivity contribution in [2.24, 2.45) is 0 Å². The maximum absolute atomic E-state index is 6.27. The third-order valence-electron chi connectivity index (χ3n) is 8.24. The van der Waals surface area contributed by atoms with E-state index in [0.717, 1.165) is 60.9 Å². The standard InChI is InChI=1S/C21H13N2O.C20H18N.Ir/c1-13-7-9-19(23-12-13)16-5-2-4-14-15-8-10-18-17(6-3-11-22-18)21(15)24-20(14)16;1-14-9-10-18(20-11-15(2)16(3)13-21-20)12-19(14)17-7-5-4-6-8-17;/h2-4,6-12H,1H3;4-9,11-13H,1-3H3;/q2*-1;. The van der Waals surface area contributed by atoms with E-state index in [9.17, 15) is 0 Å². The molecule has 0 fully saturated rings. The van der Waals surface area contributed by atoms with Crippen LogP contribution in [0.25, 0.3) is 66.5 Å². The average molecular weight is 774 g/mol. The molecule has 1 radical (unpaired) electrons. The van der Waals surface area contributed by atoms with Crippen LogP contribution in [0.4, 0.5) is 0 Å². The summed E-state index contributed by atoms with van der Waals surface area (Å²) >= 11 is 0. The Balaban J connectivity index is 0.000000160. The first-order chi connectivity index (χ1) is 22.0. The summed E-state index contributed by atoms with van der Waals surface area (Å²) in [7, 11) is 0. The van der Waals surface area contributed by atoms with Gasteiger partial charge in [0.15, 0.2) is 0 Å². The quantitative estimate of drug-likeness (QED) is 0.168. The zero-order chi connectivity index (χ0) is 30.9. The molecule has 0 spiro atoms. The van der Waals surface area contributed by atoms with E-state index in [0.29, 0.717) is 0 Å². The minimum absolute atomic E-state index is 0. The molecule has 4 aromatic carbocycles. The second-order valence-corrected chi connectivity index (χ2v) is 11.4. The predicted molar refractivity (Wildman–Crippen MR) is 184 cm³/mol. The van der Waals surface area contributed by atoms with E-state index < -0.39 is 0 Å². The van der Waals surface area contributed by atoms with Crippen LogP contribution in [0.2, 0.25) is 0 Å². The van der Waals surface area contributed by atoms with Crippen LogP contribution in [-0.2, 0) is 20.1 Å². The van der Waals surface area contributed by atoms with E-state index in [1.54, 1.807) is 6.20 Å².